The second-order valence-electron chi connectivity index (χ2n) is 5.24. The van der Waals surface area contributed by atoms with Crippen LogP contribution in [0.2, 0.25) is 5.02 Å². The number of fused-ring (bicyclic) bond motifs is 1. The van der Waals surface area contributed by atoms with Crippen molar-refractivity contribution < 1.29 is 14.0 Å². The first kappa shape index (κ1) is 13.4. The first-order valence-corrected chi connectivity index (χ1v) is 7.40. The number of hydrogen-bond acceptors (Lipinski definition) is 5. The maximum absolute atomic E-state index is 6.16. The highest BCUT2D eigenvalue weighted by atomic mass is 35.5. The Kier molecular flexibility index (Phi) is 3.15. The Hall–Kier alpha value is -2.27. The molecular weight excluding hydrogens is 304 g/mol. The van der Waals surface area contributed by atoms with Crippen molar-refractivity contribution in [1.82, 2.24) is 10.1 Å². The Morgan fingerprint density at radius 3 is 2.82 bits per heavy atom. The summed E-state index contributed by atoms with van der Waals surface area (Å²) in [5.74, 6) is 2.12. The summed E-state index contributed by atoms with van der Waals surface area (Å²) in [6, 6.07) is 8.93. The third kappa shape index (κ3) is 2.37. The van der Waals surface area contributed by atoms with Gasteiger partial charge in [-0.3, -0.25) is 0 Å². The van der Waals surface area contributed by atoms with Crippen LogP contribution in [0.15, 0.2) is 34.9 Å². The summed E-state index contributed by atoms with van der Waals surface area (Å²) in [7, 11) is 1.59. The summed E-state index contributed by atoms with van der Waals surface area (Å²) in [5.41, 5.74) is 1.49. The molecule has 112 valence electrons. The van der Waals surface area contributed by atoms with Crippen LogP contribution in [-0.2, 0) is 0 Å². The first-order chi connectivity index (χ1) is 10.7. The number of hydrogen-bond donors (Lipinski definition) is 0. The van der Waals surface area contributed by atoms with E-state index in [4.69, 9.17) is 25.6 Å². The van der Waals surface area contributed by atoms with Gasteiger partial charge in [-0.25, -0.2) is 0 Å². The van der Waals surface area contributed by atoms with Crippen LogP contribution in [0.3, 0.4) is 0 Å². The average molecular weight is 317 g/mol. The molecule has 6 heteroatoms. The SMILES string of the molecule is COc1ccc(Oc2ccc3c(C4CC4)noc3n2)c(Cl)c1. The minimum atomic E-state index is 0.415. The third-order valence-corrected chi connectivity index (χ3v) is 3.95. The standard InChI is InChI=1S/C16H13ClN2O3/c1-20-10-4-6-13(12(17)8-10)21-14-7-5-11-15(9-2-3-9)19-22-16(11)18-14/h4-9H,2-3H2,1H3. The van der Waals surface area contributed by atoms with Gasteiger partial charge in [0.1, 0.15) is 11.5 Å². The predicted molar refractivity (Wildman–Crippen MR) is 81.9 cm³/mol. The Morgan fingerprint density at radius 2 is 2.09 bits per heavy atom. The van der Waals surface area contributed by atoms with Crippen molar-refractivity contribution in [3.8, 4) is 17.4 Å². The maximum Gasteiger partial charge on any atom is 0.261 e. The van der Waals surface area contributed by atoms with Crippen LogP contribution in [0.1, 0.15) is 24.5 Å². The zero-order valence-electron chi connectivity index (χ0n) is 11.9. The van der Waals surface area contributed by atoms with Gasteiger partial charge in [0.2, 0.25) is 5.88 Å². The lowest BCUT2D eigenvalue weighted by molar-refractivity contribution is 0.411. The molecule has 2 aromatic heterocycles. The molecule has 0 radical (unpaired) electrons. The zero-order chi connectivity index (χ0) is 15.1. The summed E-state index contributed by atoms with van der Waals surface area (Å²) in [6.07, 6.45) is 2.34. The summed E-state index contributed by atoms with van der Waals surface area (Å²) < 4.78 is 16.1. The van der Waals surface area contributed by atoms with Gasteiger partial charge < -0.3 is 14.0 Å². The summed E-state index contributed by atoms with van der Waals surface area (Å²) >= 11 is 6.16. The van der Waals surface area contributed by atoms with Gasteiger partial charge in [-0.1, -0.05) is 16.8 Å². The van der Waals surface area contributed by atoms with Crippen LogP contribution < -0.4 is 9.47 Å². The molecular formula is C16H13ClN2O3. The molecule has 1 aromatic carbocycles. The van der Waals surface area contributed by atoms with E-state index < -0.39 is 0 Å². The highest BCUT2D eigenvalue weighted by Gasteiger charge is 2.29. The minimum Gasteiger partial charge on any atom is -0.497 e. The van der Waals surface area contributed by atoms with E-state index in [1.807, 2.05) is 6.07 Å². The fourth-order valence-corrected chi connectivity index (χ4v) is 2.55. The van der Waals surface area contributed by atoms with Gasteiger partial charge in [-0.15, -0.1) is 0 Å². The lowest BCUT2D eigenvalue weighted by Gasteiger charge is -2.07. The summed E-state index contributed by atoms with van der Waals surface area (Å²) in [5, 5.41) is 5.52. The zero-order valence-corrected chi connectivity index (χ0v) is 12.6. The number of aromatic nitrogens is 2. The van der Waals surface area contributed by atoms with Crippen LogP contribution in [0.4, 0.5) is 0 Å². The van der Waals surface area contributed by atoms with Crippen molar-refractivity contribution in [1.29, 1.82) is 0 Å². The topological polar surface area (TPSA) is 57.4 Å². The monoisotopic (exact) mass is 316 g/mol. The Bertz CT molecular complexity index is 843. The first-order valence-electron chi connectivity index (χ1n) is 7.02. The second-order valence-corrected chi connectivity index (χ2v) is 5.65. The molecule has 0 atom stereocenters. The summed E-state index contributed by atoms with van der Waals surface area (Å²) in [4.78, 5) is 4.34. The van der Waals surface area contributed by atoms with Crippen LogP contribution in [0.25, 0.3) is 11.1 Å². The molecule has 1 aliphatic carbocycles. The molecule has 22 heavy (non-hydrogen) atoms. The fourth-order valence-electron chi connectivity index (χ4n) is 2.34. The van der Waals surface area contributed by atoms with E-state index >= 15 is 0 Å². The minimum absolute atomic E-state index is 0.415. The van der Waals surface area contributed by atoms with Crippen molar-refractivity contribution in [3.63, 3.8) is 0 Å². The molecule has 0 bridgehead atoms. The van der Waals surface area contributed by atoms with Gasteiger partial charge in [0.25, 0.3) is 5.71 Å². The summed E-state index contributed by atoms with van der Waals surface area (Å²) in [6.45, 7) is 0. The number of pyridine rings is 1. The van der Waals surface area contributed by atoms with Crippen LogP contribution in [-0.4, -0.2) is 17.3 Å². The van der Waals surface area contributed by atoms with Crippen LogP contribution in [0.5, 0.6) is 17.4 Å². The number of nitrogens with zero attached hydrogens (tertiary/aromatic N) is 2. The number of benzene rings is 1. The molecule has 1 fully saturated rings. The highest BCUT2D eigenvalue weighted by molar-refractivity contribution is 6.32. The maximum atomic E-state index is 6.16. The quantitative estimate of drug-likeness (QED) is 0.706. The van der Waals surface area contributed by atoms with E-state index in [0.717, 1.165) is 11.1 Å². The van der Waals surface area contributed by atoms with Gasteiger partial charge in [0.15, 0.2) is 0 Å². The second kappa shape index (κ2) is 5.18. The van der Waals surface area contributed by atoms with E-state index in [2.05, 4.69) is 10.1 Å². The fraction of sp³-hybridized carbons (Fsp3) is 0.250. The van der Waals surface area contributed by atoms with E-state index in [9.17, 15) is 0 Å². The number of halogens is 1. The average Bonchev–Trinajstić information content (AvgIpc) is 3.29. The molecule has 1 aliphatic rings. The van der Waals surface area contributed by atoms with E-state index in [0.29, 0.717) is 34.0 Å². The van der Waals surface area contributed by atoms with E-state index in [1.54, 1.807) is 31.4 Å². The Balaban J connectivity index is 1.64. The van der Waals surface area contributed by atoms with Gasteiger partial charge in [-0.05, 0) is 31.0 Å². The number of ether oxygens (including phenoxy) is 2. The predicted octanol–water partition coefficient (Wildman–Crippen LogP) is 4.55. The molecule has 0 spiro atoms. The molecule has 0 saturated heterocycles. The molecule has 1 saturated carbocycles. The van der Waals surface area contributed by atoms with Crippen molar-refractivity contribution in [3.05, 3.63) is 41.0 Å². The molecule has 5 nitrogen and oxygen atoms in total. The normalized spacial score (nSPS) is 14.3. The lowest BCUT2D eigenvalue weighted by Crippen LogP contribution is -1.90. The molecule has 0 unspecified atom stereocenters. The van der Waals surface area contributed by atoms with Crippen molar-refractivity contribution in [2.24, 2.45) is 0 Å². The third-order valence-electron chi connectivity index (χ3n) is 3.66. The van der Waals surface area contributed by atoms with Gasteiger partial charge in [-0.2, -0.15) is 4.98 Å². The van der Waals surface area contributed by atoms with Gasteiger partial charge in [0.05, 0.1) is 23.2 Å². The molecule has 0 amide bonds. The largest absolute Gasteiger partial charge is 0.497 e. The smallest absolute Gasteiger partial charge is 0.261 e. The van der Waals surface area contributed by atoms with Crippen molar-refractivity contribution >= 4 is 22.7 Å². The Labute approximate surface area is 131 Å². The van der Waals surface area contributed by atoms with Crippen molar-refractivity contribution in [2.75, 3.05) is 7.11 Å². The van der Waals surface area contributed by atoms with E-state index in [-0.39, 0.29) is 0 Å². The van der Waals surface area contributed by atoms with Gasteiger partial charge >= 0.3 is 0 Å². The van der Waals surface area contributed by atoms with Gasteiger partial charge in [0, 0.05) is 18.1 Å². The molecule has 4 rings (SSSR count). The molecule has 2 heterocycles. The van der Waals surface area contributed by atoms with Crippen molar-refractivity contribution in [2.45, 2.75) is 18.8 Å². The molecule has 0 aliphatic heterocycles. The van der Waals surface area contributed by atoms with E-state index in [1.165, 1.54) is 12.8 Å². The molecule has 3 aromatic rings. The highest BCUT2D eigenvalue weighted by Crippen LogP contribution is 2.42. The number of rotatable bonds is 4. The van der Waals surface area contributed by atoms with Crippen LogP contribution in [0, 0.1) is 0 Å². The molecule has 0 N–H and O–H groups in total. The number of methoxy groups -OCH3 is 1. The Morgan fingerprint density at radius 1 is 1.23 bits per heavy atom. The lowest BCUT2D eigenvalue weighted by atomic mass is 10.2. The van der Waals surface area contributed by atoms with Crippen LogP contribution >= 0.6 is 11.6 Å².